The standard InChI is InChI=1S/C9H17N3S3/c1-5-7(10-3)6(2)14-9-12-11-8(13-4)15-9/h6-7,10H,5H2,1-4H3. The van der Waals surface area contributed by atoms with Crippen molar-refractivity contribution in [2.75, 3.05) is 13.3 Å². The summed E-state index contributed by atoms with van der Waals surface area (Å²) in [7, 11) is 2.01. The van der Waals surface area contributed by atoms with E-state index < -0.39 is 0 Å². The third-order valence-electron chi connectivity index (χ3n) is 2.23. The Kier molecular flexibility index (Phi) is 5.96. The zero-order valence-electron chi connectivity index (χ0n) is 9.48. The minimum atomic E-state index is 0.530. The molecule has 15 heavy (non-hydrogen) atoms. The number of thioether (sulfide) groups is 2. The molecule has 1 rings (SSSR count). The highest BCUT2D eigenvalue weighted by atomic mass is 32.2. The van der Waals surface area contributed by atoms with E-state index in [1.807, 2.05) is 13.3 Å². The van der Waals surface area contributed by atoms with E-state index in [9.17, 15) is 0 Å². The molecule has 86 valence electrons. The SMILES string of the molecule is CCC(NC)C(C)Sc1nnc(SC)s1. The van der Waals surface area contributed by atoms with Gasteiger partial charge < -0.3 is 5.32 Å². The summed E-state index contributed by atoms with van der Waals surface area (Å²) < 4.78 is 2.11. The molecule has 1 aromatic heterocycles. The lowest BCUT2D eigenvalue weighted by molar-refractivity contribution is 0.541. The lowest BCUT2D eigenvalue weighted by Crippen LogP contribution is -2.33. The van der Waals surface area contributed by atoms with Gasteiger partial charge >= 0.3 is 0 Å². The van der Waals surface area contributed by atoms with Crippen molar-refractivity contribution in [1.29, 1.82) is 0 Å². The number of nitrogens with zero attached hydrogens (tertiary/aromatic N) is 2. The van der Waals surface area contributed by atoms with Gasteiger partial charge in [-0.3, -0.25) is 0 Å². The van der Waals surface area contributed by atoms with Crippen molar-refractivity contribution in [3.8, 4) is 0 Å². The maximum Gasteiger partial charge on any atom is 0.175 e. The van der Waals surface area contributed by atoms with Crippen molar-refractivity contribution in [3.63, 3.8) is 0 Å². The largest absolute Gasteiger partial charge is 0.316 e. The number of hydrogen-bond donors (Lipinski definition) is 1. The Balaban J connectivity index is 2.53. The zero-order valence-corrected chi connectivity index (χ0v) is 11.9. The molecule has 0 spiro atoms. The summed E-state index contributed by atoms with van der Waals surface area (Å²) in [6.45, 7) is 4.43. The molecule has 1 aromatic rings. The first kappa shape index (κ1) is 13.3. The molecule has 0 saturated heterocycles. The van der Waals surface area contributed by atoms with E-state index >= 15 is 0 Å². The number of rotatable bonds is 6. The molecular weight excluding hydrogens is 246 g/mol. The average molecular weight is 263 g/mol. The summed E-state index contributed by atoms with van der Waals surface area (Å²) in [4.78, 5) is 0. The quantitative estimate of drug-likeness (QED) is 0.799. The Morgan fingerprint density at radius 3 is 2.53 bits per heavy atom. The van der Waals surface area contributed by atoms with E-state index in [2.05, 4.69) is 29.4 Å². The monoisotopic (exact) mass is 263 g/mol. The second-order valence-corrected chi connectivity index (χ2v) is 6.82. The Morgan fingerprint density at radius 2 is 2.07 bits per heavy atom. The molecule has 6 heteroatoms. The first-order chi connectivity index (χ1) is 7.21. The summed E-state index contributed by atoms with van der Waals surface area (Å²) >= 11 is 5.13. The smallest absolute Gasteiger partial charge is 0.175 e. The summed E-state index contributed by atoms with van der Waals surface area (Å²) in [5.74, 6) is 0. The molecule has 3 nitrogen and oxygen atoms in total. The molecule has 0 aliphatic carbocycles. The van der Waals surface area contributed by atoms with Gasteiger partial charge in [0.2, 0.25) is 0 Å². The first-order valence-electron chi connectivity index (χ1n) is 4.92. The molecule has 0 saturated carbocycles. The minimum Gasteiger partial charge on any atom is -0.316 e. The highest BCUT2D eigenvalue weighted by Gasteiger charge is 2.16. The van der Waals surface area contributed by atoms with Crippen LogP contribution in [0.25, 0.3) is 0 Å². The predicted molar refractivity (Wildman–Crippen MR) is 70.1 cm³/mol. The Labute approximate surface area is 104 Å². The van der Waals surface area contributed by atoms with Crippen LogP contribution in [0.15, 0.2) is 8.68 Å². The van der Waals surface area contributed by atoms with Gasteiger partial charge in [-0.15, -0.1) is 10.2 Å². The fourth-order valence-corrected chi connectivity index (χ4v) is 4.29. The molecule has 0 aromatic carbocycles. The van der Waals surface area contributed by atoms with Crippen molar-refractivity contribution in [3.05, 3.63) is 0 Å². The topological polar surface area (TPSA) is 37.8 Å². The molecule has 0 bridgehead atoms. The van der Waals surface area contributed by atoms with E-state index in [1.54, 1.807) is 34.9 Å². The minimum absolute atomic E-state index is 0.530. The predicted octanol–water partition coefficient (Wildman–Crippen LogP) is 2.74. The number of aromatic nitrogens is 2. The van der Waals surface area contributed by atoms with Gasteiger partial charge in [0.15, 0.2) is 8.68 Å². The summed E-state index contributed by atoms with van der Waals surface area (Å²) in [6.07, 6.45) is 3.17. The van der Waals surface area contributed by atoms with Gasteiger partial charge in [-0.25, -0.2) is 0 Å². The Bertz CT molecular complexity index is 286. The van der Waals surface area contributed by atoms with Crippen LogP contribution in [0, 0.1) is 0 Å². The maximum atomic E-state index is 4.16. The fourth-order valence-electron chi connectivity index (χ4n) is 1.34. The van der Waals surface area contributed by atoms with Crippen LogP contribution in [0.5, 0.6) is 0 Å². The van der Waals surface area contributed by atoms with Crippen molar-refractivity contribution >= 4 is 34.9 Å². The Morgan fingerprint density at radius 1 is 1.40 bits per heavy atom. The van der Waals surface area contributed by atoms with Crippen LogP contribution in [-0.2, 0) is 0 Å². The summed E-state index contributed by atoms with van der Waals surface area (Å²) in [5.41, 5.74) is 0. The number of nitrogens with one attached hydrogen (secondary N) is 1. The van der Waals surface area contributed by atoms with Crippen LogP contribution in [0.4, 0.5) is 0 Å². The van der Waals surface area contributed by atoms with Crippen molar-refractivity contribution in [2.45, 2.75) is 40.2 Å². The average Bonchev–Trinajstić information content (AvgIpc) is 2.67. The lowest BCUT2D eigenvalue weighted by Gasteiger charge is -2.20. The molecule has 0 aliphatic rings. The molecule has 0 fully saturated rings. The van der Waals surface area contributed by atoms with Gasteiger partial charge in [0.05, 0.1) is 0 Å². The first-order valence-corrected chi connectivity index (χ1v) is 7.84. The molecule has 2 unspecified atom stereocenters. The Hall–Kier alpha value is 0.220. The van der Waals surface area contributed by atoms with Crippen molar-refractivity contribution in [1.82, 2.24) is 15.5 Å². The maximum absolute atomic E-state index is 4.16. The molecular formula is C9H17N3S3. The number of hydrogen-bond acceptors (Lipinski definition) is 6. The van der Waals surface area contributed by atoms with Crippen LogP contribution in [0.2, 0.25) is 0 Å². The van der Waals surface area contributed by atoms with Gasteiger partial charge in [-0.2, -0.15) is 0 Å². The molecule has 2 atom stereocenters. The highest BCUT2D eigenvalue weighted by molar-refractivity contribution is 8.03. The van der Waals surface area contributed by atoms with Gasteiger partial charge in [0.25, 0.3) is 0 Å². The summed E-state index contributed by atoms with van der Waals surface area (Å²) in [5, 5.41) is 12.1. The van der Waals surface area contributed by atoms with Gasteiger partial charge in [0.1, 0.15) is 0 Å². The van der Waals surface area contributed by atoms with Gasteiger partial charge in [-0.05, 0) is 19.7 Å². The third kappa shape index (κ3) is 3.94. The van der Waals surface area contributed by atoms with Gasteiger partial charge in [0, 0.05) is 11.3 Å². The molecule has 0 aliphatic heterocycles. The van der Waals surface area contributed by atoms with Crippen LogP contribution >= 0.6 is 34.9 Å². The van der Waals surface area contributed by atoms with Crippen LogP contribution < -0.4 is 5.32 Å². The molecule has 0 radical (unpaired) electrons. The van der Waals surface area contributed by atoms with Crippen LogP contribution in [-0.4, -0.2) is 34.8 Å². The zero-order chi connectivity index (χ0) is 11.3. The van der Waals surface area contributed by atoms with E-state index in [0.29, 0.717) is 11.3 Å². The van der Waals surface area contributed by atoms with Crippen LogP contribution in [0.3, 0.4) is 0 Å². The van der Waals surface area contributed by atoms with Crippen LogP contribution in [0.1, 0.15) is 20.3 Å². The normalized spacial score (nSPS) is 15.2. The molecule has 1 heterocycles. The van der Waals surface area contributed by atoms with E-state index in [0.717, 1.165) is 15.1 Å². The third-order valence-corrected chi connectivity index (χ3v) is 5.44. The van der Waals surface area contributed by atoms with Gasteiger partial charge in [-0.1, -0.05) is 48.7 Å². The van der Waals surface area contributed by atoms with Crippen molar-refractivity contribution < 1.29 is 0 Å². The second kappa shape index (κ2) is 6.73. The van der Waals surface area contributed by atoms with E-state index in [4.69, 9.17) is 0 Å². The van der Waals surface area contributed by atoms with Crippen molar-refractivity contribution in [2.24, 2.45) is 0 Å². The van der Waals surface area contributed by atoms with E-state index in [-0.39, 0.29) is 0 Å². The van der Waals surface area contributed by atoms with E-state index in [1.165, 1.54) is 0 Å². The molecule has 0 amide bonds. The fraction of sp³-hybridized carbons (Fsp3) is 0.778. The summed E-state index contributed by atoms with van der Waals surface area (Å²) in [6, 6.07) is 0.539. The second-order valence-electron chi connectivity index (χ2n) is 3.16. The lowest BCUT2D eigenvalue weighted by atomic mass is 10.2. The molecule has 1 N–H and O–H groups in total. The highest BCUT2D eigenvalue weighted by Crippen LogP contribution is 2.31.